The van der Waals surface area contributed by atoms with Gasteiger partial charge in [0.1, 0.15) is 5.52 Å². The summed E-state index contributed by atoms with van der Waals surface area (Å²) in [6.45, 7) is 0.616. The number of furan rings is 1. The second-order valence-corrected chi connectivity index (χ2v) is 8.00. The first-order valence-corrected chi connectivity index (χ1v) is 10.7. The van der Waals surface area contributed by atoms with Crippen molar-refractivity contribution in [2.75, 3.05) is 5.32 Å². The first kappa shape index (κ1) is 19.3. The zero-order valence-corrected chi connectivity index (χ0v) is 18.4. The molecule has 0 aliphatic heterocycles. The Morgan fingerprint density at radius 3 is 2.65 bits per heavy atom. The van der Waals surface area contributed by atoms with Gasteiger partial charge < -0.3 is 14.7 Å². The van der Waals surface area contributed by atoms with Crippen LogP contribution in [0.3, 0.4) is 0 Å². The number of anilines is 1. The molecule has 0 saturated carbocycles. The van der Waals surface area contributed by atoms with Gasteiger partial charge in [-0.2, -0.15) is 0 Å². The number of hydrogen-bond donors (Lipinski definition) is 2. The van der Waals surface area contributed by atoms with E-state index in [1.165, 1.54) is 3.57 Å². The van der Waals surface area contributed by atoms with Crippen molar-refractivity contribution in [1.82, 2.24) is 19.9 Å². The molecule has 2 N–H and O–H groups in total. The SMILES string of the molecule is Ic1cccc(CNc2nc(-c3ccco3)nc3nc(C#Cc4ccccc4)[nH]c23)c1. The van der Waals surface area contributed by atoms with Gasteiger partial charge in [-0.05, 0) is 70.5 Å². The molecule has 0 radical (unpaired) electrons. The minimum Gasteiger partial charge on any atom is -0.461 e. The summed E-state index contributed by atoms with van der Waals surface area (Å²) >= 11 is 2.31. The zero-order valence-electron chi connectivity index (χ0n) is 16.3. The molecule has 3 aromatic heterocycles. The number of aromatic amines is 1. The maximum absolute atomic E-state index is 5.49. The molecule has 2 aromatic carbocycles. The molecular weight excluding hydrogens is 501 g/mol. The van der Waals surface area contributed by atoms with E-state index in [1.54, 1.807) is 6.26 Å². The average molecular weight is 517 g/mol. The molecule has 0 bridgehead atoms. The predicted octanol–water partition coefficient (Wildman–Crippen LogP) is 5.23. The van der Waals surface area contributed by atoms with Crippen LogP contribution < -0.4 is 5.32 Å². The largest absolute Gasteiger partial charge is 0.461 e. The van der Waals surface area contributed by atoms with Crippen LogP contribution in [0.25, 0.3) is 22.7 Å². The van der Waals surface area contributed by atoms with Gasteiger partial charge in [0.2, 0.25) is 0 Å². The second kappa shape index (κ2) is 8.62. The number of H-pyrrole nitrogens is 1. The number of nitrogens with one attached hydrogen (secondary N) is 2. The highest BCUT2D eigenvalue weighted by molar-refractivity contribution is 14.1. The van der Waals surface area contributed by atoms with E-state index in [4.69, 9.17) is 4.42 Å². The normalized spacial score (nSPS) is 10.6. The Kier molecular flexibility index (Phi) is 5.37. The molecular formula is C24H16IN5O. The minimum absolute atomic E-state index is 0.469. The molecule has 6 nitrogen and oxygen atoms in total. The van der Waals surface area contributed by atoms with Crippen LogP contribution in [0.4, 0.5) is 5.82 Å². The van der Waals surface area contributed by atoms with E-state index in [1.807, 2.05) is 48.5 Å². The van der Waals surface area contributed by atoms with Gasteiger partial charge in [0.15, 0.2) is 28.9 Å². The van der Waals surface area contributed by atoms with E-state index >= 15 is 0 Å². The van der Waals surface area contributed by atoms with Crippen molar-refractivity contribution >= 4 is 39.6 Å². The summed E-state index contributed by atoms with van der Waals surface area (Å²) in [5, 5.41) is 3.41. The number of fused-ring (bicyclic) bond motifs is 1. The van der Waals surface area contributed by atoms with Crippen LogP contribution in [-0.4, -0.2) is 19.9 Å². The molecule has 0 spiro atoms. The number of benzene rings is 2. The fourth-order valence-corrected chi connectivity index (χ4v) is 3.69. The lowest BCUT2D eigenvalue weighted by atomic mass is 10.2. The Morgan fingerprint density at radius 1 is 0.935 bits per heavy atom. The molecule has 0 unspecified atom stereocenters. The molecule has 0 amide bonds. The number of rotatable bonds is 4. The summed E-state index contributed by atoms with van der Waals surface area (Å²) in [5.41, 5.74) is 3.31. The first-order chi connectivity index (χ1) is 15.2. The summed E-state index contributed by atoms with van der Waals surface area (Å²) in [5.74, 6) is 8.42. The molecule has 0 fully saturated rings. The lowest BCUT2D eigenvalue weighted by Crippen LogP contribution is -2.04. The van der Waals surface area contributed by atoms with Crippen LogP contribution in [0.2, 0.25) is 0 Å². The molecule has 0 aliphatic rings. The summed E-state index contributed by atoms with van der Waals surface area (Å²) in [7, 11) is 0. The Balaban J connectivity index is 1.53. The summed E-state index contributed by atoms with van der Waals surface area (Å²) < 4.78 is 6.68. The van der Waals surface area contributed by atoms with Gasteiger partial charge in [0.05, 0.1) is 6.26 Å². The maximum atomic E-state index is 5.49. The first-order valence-electron chi connectivity index (χ1n) is 9.61. The van der Waals surface area contributed by atoms with Gasteiger partial charge in [-0.15, -0.1) is 0 Å². The number of halogens is 1. The average Bonchev–Trinajstić information content (AvgIpc) is 3.47. The van der Waals surface area contributed by atoms with Gasteiger partial charge in [-0.25, -0.2) is 15.0 Å². The monoisotopic (exact) mass is 517 g/mol. The van der Waals surface area contributed by atoms with Crippen LogP contribution in [0, 0.1) is 15.4 Å². The van der Waals surface area contributed by atoms with Crippen molar-refractivity contribution in [3.8, 4) is 23.4 Å². The summed E-state index contributed by atoms with van der Waals surface area (Å²) in [4.78, 5) is 17.1. The third kappa shape index (κ3) is 4.44. The van der Waals surface area contributed by atoms with Gasteiger partial charge in [0, 0.05) is 15.7 Å². The highest BCUT2D eigenvalue weighted by Crippen LogP contribution is 2.24. The Labute approximate surface area is 192 Å². The summed E-state index contributed by atoms with van der Waals surface area (Å²) in [6, 6.07) is 21.7. The van der Waals surface area contributed by atoms with E-state index in [0.29, 0.717) is 40.9 Å². The molecule has 0 atom stereocenters. The van der Waals surface area contributed by atoms with E-state index < -0.39 is 0 Å². The molecule has 7 heteroatoms. The van der Waals surface area contributed by atoms with Gasteiger partial charge >= 0.3 is 0 Å². The highest BCUT2D eigenvalue weighted by Gasteiger charge is 2.15. The predicted molar refractivity (Wildman–Crippen MR) is 128 cm³/mol. The lowest BCUT2D eigenvalue weighted by molar-refractivity contribution is 0.577. The van der Waals surface area contributed by atoms with Crippen molar-refractivity contribution in [2.24, 2.45) is 0 Å². The third-order valence-corrected chi connectivity index (χ3v) is 5.21. The number of nitrogens with zero attached hydrogens (tertiary/aromatic N) is 3. The molecule has 150 valence electrons. The fraction of sp³-hybridized carbons (Fsp3) is 0.0417. The number of imidazole rings is 1. The van der Waals surface area contributed by atoms with Crippen molar-refractivity contribution < 1.29 is 4.42 Å². The van der Waals surface area contributed by atoms with Crippen molar-refractivity contribution in [3.05, 3.63) is 93.5 Å². The molecule has 5 aromatic rings. The van der Waals surface area contributed by atoms with Crippen molar-refractivity contribution in [3.63, 3.8) is 0 Å². The standard InChI is InChI=1S/C24H16IN5O/c25-18-9-4-8-17(14-18)15-26-23-21-24(30-22(29-23)19-10-5-13-31-19)28-20(27-21)12-11-16-6-2-1-3-7-16/h1-10,13-14H,15H2,(H2,26,27,28,29,30). The topological polar surface area (TPSA) is 79.6 Å². The lowest BCUT2D eigenvalue weighted by Gasteiger charge is -2.08. The second-order valence-electron chi connectivity index (χ2n) is 6.76. The summed E-state index contributed by atoms with van der Waals surface area (Å²) in [6.07, 6.45) is 1.60. The van der Waals surface area contributed by atoms with E-state index in [-0.39, 0.29) is 0 Å². The Morgan fingerprint density at radius 2 is 1.84 bits per heavy atom. The van der Waals surface area contributed by atoms with Crippen LogP contribution in [-0.2, 0) is 6.54 Å². The Hall–Kier alpha value is -3.64. The van der Waals surface area contributed by atoms with E-state index in [0.717, 1.165) is 11.1 Å². The van der Waals surface area contributed by atoms with E-state index in [9.17, 15) is 0 Å². The van der Waals surface area contributed by atoms with Crippen LogP contribution in [0.15, 0.2) is 77.4 Å². The zero-order chi connectivity index (χ0) is 21.0. The van der Waals surface area contributed by atoms with Crippen LogP contribution in [0.1, 0.15) is 17.0 Å². The number of hydrogen-bond acceptors (Lipinski definition) is 5. The van der Waals surface area contributed by atoms with Gasteiger partial charge in [0.25, 0.3) is 0 Å². The van der Waals surface area contributed by atoms with Gasteiger partial charge in [-0.3, -0.25) is 0 Å². The van der Waals surface area contributed by atoms with Crippen LogP contribution in [0.5, 0.6) is 0 Å². The third-order valence-electron chi connectivity index (χ3n) is 4.54. The Bertz CT molecular complexity index is 1400. The minimum atomic E-state index is 0.469. The number of aromatic nitrogens is 4. The maximum Gasteiger partial charge on any atom is 0.199 e. The van der Waals surface area contributed by atoms with Crippen molar-refractivity contribution in [2.45, 2.75) is 6.54 Å². The molecule has 3 heterocycles. The quantitative estimate of drug-likeness (QED) is 0.252. The van der Waals surface area contributed by atoms with Crippen molar-refractivity contribution in [1.29, 1.82) is 0 Å². The highest BCUT2D eigenvalue weighted by atomic mass is 127. The fourth-order valence-electron chi connectivity index (χ4n) is 3.09. The molecule has 0 saturated heterocycles. The molecule has 31 heavy (non-hydrogen) atoms. The van der Waals surface area contributed by atoms with Gasteiger partial charge in [-0.1, -0.05) is 36.3 Å². The van der Waals surface area contributed by atoms with E-state index in [2.05, 4.69) is 77.9 Å². The van der Waals surface area contributed by atoms with Crippen LogP contribution >= 0.6 is 22.6 Å². The molecule has 0 aliphatic carbocycles. The smallest absolute Gasteiger partial charge is 0.199 e. The molecule has 5 rings (SSSR count).